The first-order valence-corrected chi connectivity index (χ1v) is 7.26. The van der Waals surface area contributed by atoms with Gasteiger partial charge in [-0.1, -0.05) is 25.7 Å². The number of aliphatic hydroxyl groups is 2. The normalized spacial score (nSPS) is 13.4. The van der Waals surface area contributed by atoms with Crippen molar-refractivity contribution in [1.29, 1.82) is 0 Å². The van der Waals surface area contributed by atoms with Crippen LogP contribution in [-0.2, 0) is 19.1 Å². The van der Waals surface area contributed by atoms with Crippen LogP contribution in [-0.4, -0.2) is 57.1 Å². The molecule has 0 aliphatic rings. The number of aliphatic hydroxyl groups excluding tert-OH is 1. The van der Waals surface area contributed by atoms with Gasteiger partial charge in [0.05, 0.1) is 19.4 Å². The molecule has 0 rings (SSSR count). The molecule has 0 aliphatic heterocycles. The fourth-order valence-corrected chi connectivity index (χ4v) is 1.86. The Bertz CT molecular complexity index is 368. The highest BCUT2D eigenvalue weighted by molar-refractivity contribution is 5.88. The summed E-state index contributed by atoms with van der Waals surface area (Å²) in [5.74, 6) is -4.22. The van der Waals surface area contributed by atoms with Crippen LogP contribution in [0.4, 0.5) is 0 Å². The summed E-state index contributed by atoms with van der Waals surface area (Å²) in [7, 11) is 0. The van der Waals surface area contributed by atoms with Crippen LogP contribution in [0.5, 0.6) is 0 Å². The van der Waals surface area contributed by atoms with Crippen molar-refractivity contribution in [2.24, 2.45) is 0 Å². The molecule has 0 spiro atoms. The third-order valence-electron chi connectivity index (χ3n) is 3.09. The van der Waals surface area contributed by atoms with Gasteiger partial charge in [-0.3, -0.25) is 9.59 Å². The predicted molar refractivity (Wildman–Crippen MR) is 75.2 cm³/mol. The molecule has 0 fully saturated rings. The molecule has 22 heavy (non-hydrogen) atoms. The Hall–Kier alpha value is -1.67. The second-order valence-corrected chi connectivity index (χ2v) is 5.15. The van der Waals surface area contributed by atoms with Crippen molar-refractivity contribution in [2.45, 2.75) is 57.0 Å². The van der Waals surface area contributed by atoms with E-state index in [4.69, 9.17) is 20.1 Å². The first-order chi connectivity index (χ1) is 10.3. The number of carbonyl (C=O) groups excluding carboxylic acids is 1. The Morgan fingerprint density at radius 1 is 0.864 bits per heavy atom. The molecule has 0 aromatic rings. The van der Waals surface area contributed by atoms with Crippen LogP contribution >= 0.6 is 0 Å². The zero-order valence-electron chi connectivity index (χ0n) is 12.5. The third-order valence-corrected chi connectivity index (χ3v) is 3.09. The summed E-state index contributed by atoms with van der Waals surface area (Å²) < 4.78 is 4.80. The van der Waals surface area contributed by atoms with E-state index >= 15 is 0 Å². The number of carboxylic acids is 2. The molecule has 0 saturated heterocycles. The molecule has 0 aromatic carbocycles. The molecule has 0 saturated carbocycles. The average molecular weight is 320 g/mol. The van der Waals surface area contributed by atoms with Gasteiger partial charge in [0.25, 0.3) is 0 Å². The van der Waals surface area contributed by atoms with E-state index in [1.54, 1.807) is 0 Å². The quantitative estimate of drug-likeness (QED) is 0.284. The fraction of sp³-hybridized carbons (Fsp3) is 0.786. The number of rotatable bonds is 13. The second-order valence-electron chi connectivity index (χ2n) is 5.15. The van der Waals surface area contributed by atoms with Crippen LogP contribution in [0.15, 0.2) is 0 Å². The molecule has 8 heteroatoms. The second kappa shape index (κ2) is 11.0. The van der Waals surface area contributed by atoms with Crippen molar-refractivity contribution in [2.75, 3.05) is 13.2 Å². The van der Waals surface area contributed by atoms with Crippen LogP contribution in [0.25, 0.3) is 0 Å². The molecule has 0 bridgehead atoms. The Morgan fingerprint density at radius 2 is 1.41 bits per heavy atom. The van der Waals surface area contributed by atoms with E-state index in [1.165, 1.54) is 0 Å². The molecule has 1 atom stereocenters. The summed E-state index contributed by atoms with van der Waals surface area (Å²) in [4.78, 5) is 32.8. The molecule has 0 aliphatic carbocycles. The van der Waals surface area contributed by atoms with Gasteiger partial charge < -0.3 is 25.2 Å². The number of aliphatic carboxylic acids is 2. The molecule has 8 nitrogen and oxygen atoms in total. The van der Waals surface area contributed by atoms with Gasteiger partial charge >= 0.3 is 17.9 Å². The first-order valence-electron chi connectivity index (χ1n) is 7.26. The Morgan fingerprint density at radius 3 is 1.91 bits per heavy atom. The summed E-state index contributed by atoms with van der Waals surface area (Å²) in [6.07, 6.45) is 3.10. The summed E-state index contributed by atoms with van der Waals surface area (Å²) in [6, 6.07) is 0. The topological polar surface area (TPSA) is 141 Å². The largest absolute Gasteiger partial charge is 0.481 e. The molecular formula is C14H24O8. The Kier molecular flexibility index (Phi) is 10.1. The smallest absolute Gasteiger partial charge is 0.336 e. The highest BCUT2D eigenvalue weighted by Gasteiger charge is 2.41. The van der Waals surface area contributed by atoms with E-state index in [0.29, 0.717) is 6.42 Å². The van der Waals surface area contributed by atoms with Gasteiger partial charge in [0.2, 0.25) is 0 Å². The van der Waals surface area contributed by atoms with Gasteiger partial charge in [-0.05, 0) is 12.8 Å². The molecule has 128 valence electrons. The minimum absolute atomic E-state index is 0.0988. The van der Waals surface area contributed by atoms with Gasteiger partial charge in [-0.2, -0.15) is 0 Å². The van der Waals surface area contributed by atoms with E-state index in [9.17, 15) is 19.5 Å². The summed E-state index contributed by atoms with van der Waals surface area (Å²) in [5, 5.41) is 35.6. The van der Waals surface area contributed by atoms with Crippen LogP contribution < -0.4 is 0 Å². The van der Waals surface area contributed by atoms with Gasteiger partial charge in [0.1, 0.15) is 0 Å². The van der Waals surface area contributed by atoms with Crippen molar-refractivity contribution < 1.29 is 39.5 Å². The number of esters is 1. The lowest BCUT2D eigenvalue weighted by Gasteiger charge is -2.20. The van der Waals surface area contributed by atoms with Gasteiger partial charge in [0, 0.05) is 6.61 Å². The van der Waals surface area contributed by atoms with E-state index in [2.05, 4.69) is 0 Å². The predicted octanol–water partition coefficient (Wildman–Crippen LogP) is 0.543. The molecular weight excluding hydrogens is 296 g/mol. The maximum Gasteiger partial charge on any atom is 0.336 e. The van der Waals surface area contributed by atoms with E-state index in [0.717, 1.165) is 32.1 Å². The minimum Gasteiger partial charge on any atom is -0.481 e. The summed E-state index contributed by atoms with van der Waals surface area (Å²) in [5.41, 5.74) is -2.65. The van der Waals surface area contributed by atoms with Crippen LogP contribution in [0, 0.1) is 0 Å². The van der Waals surface area contributed by atoms with Gasteiger partial charge in [0.15, 0.2) is 5.60 Å². The highest BCUT2D eigenvalue weighted by atomic mass is 16.5. The summed E-state index contributed by atoms with van der Waals surface area (Å²) >= 11 is 0. The molecule has 0 heterocycles. The van der Waals surface area contributed by atoms with Crippen LogP contribution in [0.1, 0.15) is 51.4 Å². The van der Waals surface area contributed by atoms with Crippen molar-refractivity contribution in [3.05, 3.63) is 0 Å². The lowest BCUT2D eigenvalue weighted by Crippen LogP contribution is -2.43. The standard InChI is InChI=1S/C14H24O8/c15-7-5-3-1-2-4-6-8-22-12(18)10-14(21,13(19)20)9-11(16)17/h15,21H,1-10H2,(H,16,17)(H,19,20). The number of hydrogen-bond acceptors (Lipinski definition) is 6. The van der Waals surface area contributed by atoms with E-state index in [1.807, 2.05) is 0 Å². The average Bonchev–Trinajstić information content (AvgIpc) is 2.40. The fourth-order valence-electron chi connectivity index (χ4n) is 1.86. The van der Waals surface area contributed by atoms with Crippen molar-refractivity contribution in [1.82, 2.24) is 0 Å². The number of carboxylic acid groups (broad SMARTS) is 2. The molecule has 4 N–H and O–H groups in total. The van der Waals surface area contributed by atoms with Crippen LogP contribution in [0.3, 0.4) is 0 Å². The van der Waals surface area contributed by atoms with Crippen molar-refractivity contribution >= 4 is 17.9 Å². The molecule has 0 radical (unpaired) electrons. The number of unbranched alkanes of at least 4 members (excludes halogenated alkanes) is 5. The minimum atomic E-state index is -2.65. The number of carbonyl (C=O) groups is 3. The maximum atomic E-state index is 11.5. The lowest BCUT2D eigenvalue weighted by atomic mass is 9.96. The zero-order chi connectivity index (χ0) is 17.0. The summed E-state index contributed by atoms with van der Waals surface area (Å²) in [6.45, 7) is 0.280. The highest BCUT2D eigenvalue weighted by Crippen LogP contribution is 2.17. The number of hydrogen-bond donors (Lipinski definition) is 4. The van der Waals surface area contributed by atoms with Crippen molar-refractivity contribution in [3.63, 3.8) is 0 Å². The molecule has 1 unspecified atom stereocenters. The molecule has 0 amide bonds. The maximum absolute atomic E-state index is 11.5. The molecule has 0 aromatic heterocycles. The van der Waals surface area contributed by atoms with E-state index in [-0.39, 0.29) is 13.2 Å². The van der Waals surface area contributed by atoms with E-state index < -0.39 is 36.4 Å². The van der Waals surface area contributed by atoms with Gasteiger partial charge in [-0.15, -0.1) is 0 Å². The van der Waals surface area contributed by atoms with Crippen molar-refractivity contribution in [3.8, 4) is 0 Å². The number of ether oxygens (including phenoxy) is 1. The lowest BCUT2D eigenvalue weighted by molar-refractivity contribution is -0.172. The van der Waals surface area contributed by atoms with Gasteiger partial charge in [-0.25, -0.2) is 4.79 Å². The Labute approximate surface area is 128 Å². The van der Waals surface area contributed by atoms with Crippen LogP contribution in [0.2, 0.25) is 0 Å². The zero-order valence-corrected chi connectivity index (χ0v) is 12.5. The first kappa shape index (κ1) is 20.3. The SMILES string of the molecule is O=C(O)CC(O)(CC(=O)OCCCCCCCCO)C(=O)O. The third kappa shape index (κ3) is 9.30. The monoisotopic (exact) mass is 320 g/mol. The Balaban J connectivity index is 3.92.